The van der Waals surface area contributed by atoms with E-state index in [-0.39, 0.29) is 11.3 Å². The van der Waals surface area contributed by atoms with Gasteiger partial charge in [-0.2, -0.15) is 5.10 Å². The van der Waals surface area contributed by atoms with E-state index in [1.54, 1.807) is 24.4 Å². The topological polar surface area (TPSA) is 98.7 Å². The molecule has 0 aliphatic heterocycles. The van der Waals surface area contributed by atoms with Crippen molar-refractivity contribution in [3.05, 3.63) is 35.7 Å². The van der Waals surface area contributed by atoms with Crippen LogP contribution >= 0.6 is 0 Å². The molecule has 0 aliphatic carbocycles. The number of fused-ring (bicyclic) bond motifs is 1. The predicted octanol–water partition coefficient (Wildman–Crippen LogP) is -0.276. The molecule has 0 aliphatic rings. The number of carbonyl (C=O) groups is 2. The molecule has 0 aromatic carbocycles. The summed E-state index contributed by atoms with van der Waals surface area (Å²) in [6.45, 7) is 0. The number of nitrogens with two attached hydrogens (primary N) is 1. The SMILES string of the molecule is COC(=O)c1c(C(=O)NN)nn2ccccc12. The number of nitrogens with zero attached hydrogens (tertiary/aromatic N) is 2. The van der Waals surface area contributed by atoms with Crippen molar-refractivity contribution in [2.24, 2.45) is 5.84 Å². The van der Waals surface area contributed by atoms with Crippen LogP contribution in [0.25, 0.3) is 5.52 Å². The summed E-state index contributed by atoms with van der Waals surface area (Å²) < 4.78 is 6.04. The highest BCUT2D eigenvalue weighted by Gasteiger charge is 2.24. The Morgan fingerprint density at radius 2 is 2.24 bits per heavy atom. The Labute approximate surface area is 96.1 Å². The van der Waals surface area contributed by atoms with Crippen molar-refractivity contribution < 1.29 is 14.3 Å². The van der Waals surface area contributed by atoms with E-state index in [0.717, 1.165) is 0 Å². The number of nitrogen functional groups attached to an aromatic ring is 1. The summed E-state index contributed by atoms with van der Waals surface area (Å²) in [4.78, 5) is 23.1. The fourth-order valence-electron chi connectivity index (χ4n) is 1.53. The molecule has 2 aromatic rings. The van der Waals surface area contributed by atoms with Gasteiger partial charge in [0.1, 0.15) is 5.56 Å². The quantitative estimate of drug-likeness (QED) is 0.322. The van der Waals surface area contributed by atoms with E-state index in [4.69, 9.17) is 5.84 Å². The lowest BCUT2D eigenvalue weighted by molar-refractivity contribution is 0.0598. The molecule has 0 unspecified atom stereocenters. The molecule has 0 bridgehead atoms. The Morgan fingerprint density at radius 1 is 1.47 bits per heavy atom. The van der Waals surface area contributed by atoms with Gasteiger partial charge >= 0.3 is 5.97 Å². The summed E-state index contributed by atoms with van der Waals surface area (Å²) in [6.07, 6.45) is 1.62. The summed E-state index contributed by atoms with van der Waals surface area (Å²) in [5.41, 5.74) is 2.45. The molecular formula is C10H10N4O3. The van der Waals surface area contributed by atoms with Crippen molar-refractivity contribution in [3.63, 3.8) is 0 Å². The minimum absolute atomic E-state index is 0.0643. The standard InChI is InChI=1S/C10H10N4O3/c1-17-10(16)7-6-4-2-3-5-14(6)13-8(7)9(15)12-11/h2-5H,11H2,1H3,(H,12,15). The smallest absolute Gasteiger partial charge is 0.342 e. The molecule has 0 radical (unpaired) electrons. The zero-order valence-electron chi connectivity index (χ0n) is 9.01. The zero-order valence-corrected chi connectivity index (χ0v) is 9.01. The molecule has 7 heteroatoms. The molecule has 17 heavy (non-hydrogen) atoms. The number of aromatic nitrogens is 2. The highest BCUT2D eigenvalue weighted by atomic mass is 16.5. The second kappa shape index (κ2) is 4.22. The molecular weight excluding hydrogens is 224 g/mol. The fraction of sp³-hybridized carbons (Fsp3) is 0.100. The van der Waals surface area contributed by atoms with Gasteiger partial charge in [-0.15, -0.1) is 0 Å². The van der Waals surface area contributed by atoms with E-state index in [1.165, 1.54) is 11.6 Å². The predicted molar refractivity (Wildman–Crippen MR) is 58.2 cm³/mol. The van der Waals surface area contributed by atoms with Gasteiger partial charge in [-0.25, -0.2) is 15.2 Å². The molecule has 2 aromatic heterocycles. The number of pyridine rings is 1. The number of methoxy groups -OCH3 is 1. The number of ether oxygens (including phenoxy) is 1. The van der Waals surface area contributed by atoms with Crippen molar-refractivity contribution in [3.8, 4) is 0 Å². The lowest BCUT2D eigenvalue weighted by Crippen LogP contribution is -2.31. The van der Waals surface area contributed by atoms with Crippen LogP contribution in [0.4, 0.5) is 0 Å². The van der Waals surface area contributed by atoms with Gasteiger partial charge < -0.3 is 4.74 Å². The largest absolute Gasteiger partial charge is 0.465 e. The van der Waals surface area contributed by atoms with Crippen LogP contribution in [0.3, 0.4) is 0 Å². The first-order chi connectivity index (χ1) is 8.19. The Hall–Kier alpha value is -2.41. The van der Waals surface area contributed by atoms with Gasteiger partial charge in [0.15, 0.2) is 5.69 Å². The Balaban J connectivity index is 2.73. The van der Waals surface area contributed by atoms with E-state index in [1.807, 2.05) is 5.43 Å². The molecule has 2 heterocycles. The number of amides is 1. The third kappa shape index (κ3) is 1.72. The van der Waals surface area contributed by atoms with Gasteiger partial charge in [-0.3, -0.25) is 10.2 Å². The summed E-state index contributed by atoms with van der Waals surface area (Å²) >= 11 is 0. The maximum absolute atomic E-state index is 11.6. The minimum Gasteiger partial charge on any atom is -0.465 e. The summed E-state index contributed by atoms with van der Waals surface area (Å²) in [5, 5.41) is 3.98. The van der Waals surface area contributed by atoms with Gasteiger partial charge in [0.05, 0.1) is 12.6 Å². The van der Waals surface area contributed by atoms with Crippen LogP contribution in [-0.4, -0.2) is 28.6 Å². The van der Waals surface area contributed by atoms with Crippen LogP contribution in [-0.2, 0) is 4.74 Å². The molecule has 2 rings (SSSR count). The molecule has 0 spiro atoms. The molecule has 0 fully saturated rings. The number of esters is 1. The van der Waals surface area contributed by atoms with Gasteiger partial charge in [-0.05, 0) is 12.1 Å². The first kappa shape index (κ1) is 11.1. The first-order valence-corrected chi connectivity index (χ1v) is 4.75. The van der Waals surface area contributed by atoms with Crippen molar-refractivity contribution >= 4 is 17.4 Å². The molecule has 0 atom stereocenters. The van der Waals surface area contributed by atoms with Crippen LogP contribution in [0.2, 0.25) is 0 Å². The maximum atomic E-state index is 11.6. The van der Waals surface area contributed by atoms with E-state index < -0.39 is 11.9 Å². The Morgan fingerprint density at radius 3 is 2.88 bits per heavy atom. The number of hydrogen-bond acceptors (Lipinski definition) is 5. The normalized spacial score (nSPS) is 10.2. The summed E-state index contributed by atoms with van der Waals surface area (Å²) in [5.74, 6) is 3.76. The van der Waals surface area contributed by atoms with Gasteiger partial charge in [0.2, 0.25) is 0 Å². The van der Waals surface area contributed by atoms with Gasteiger partial charge in [0.25, 0.3) is 5.91 Å². The van der Waals surface area contributed by atoms with Gasteiger partial charge in [-0.1, -0.05) is 6.07 Å². The number of rotatable bonds is 2. The monoisotopic (exact) mass is 234 g/mol. The molecule has 0 saturated heterocycles. The van der Waals surface area contributed by atoms with E-state index in [9.17, 15) is 9.59 Å². The van der Waals surface area contributed by atoms with Crippen molar-refractivity contribution in [1.29, 1.82) is 0 Å². The summed E-state index contributed by atoms with van der Waals surface area (Å²) in [7, 11) is 1.24. The second-order valence-electron chi connectivity index (χ2n) is 3.22. The lowest BCUT2D eigenvalue weighted by atomic mass is 10.2. The average Bonchev–Trinajstić information content (AvgIpc) is 2.76. The minimum atomic E-state index is -0.644. The third-order valence-electron chi connectivity index (χ3n) is 2.28. The van der Waals surface area contributed by atoms with Crippen LogP contribution in [0.15, 0.2) is 24.4 Å². The molecule has 88 valence electrons. The van der Waals surface area contributed by atoms with Crippen LogP contribution < -0.4 is 11.3 Å². The van der Waals surface area contributed by atoms with Crippen molar-refractivity contribution in [1.82, 2.24) is 15.0 Å². The lowest BCUT2D eigenvalue weighted by Gasteiger charge is -1.99. The molecule has 7 nitrogen and oxygen atoms in total. The number of hydrazine groups is 1. The molecule has 1 amide bonds. The fourth-order valence-corrected chi connectivity index (χ4v) is 1.53. The first-order valence-electron chi connectivity index (χ1n) is 4.75. The van der Waals surface area contributed by atoms with Crippen LogP contribution in [0.1, 0.15) is 20.8 Å². The van der Waals surface area contributed by atoms with Crippen LogP contribution in [0.5, 0.6) is 0 Å². The Kier molecular flexibility index (Phi) is 2.75. The van der Waals surface area contributed by atoms with E-state index in [0.29, 0.717) is 5.52 Å². The zero-order chi connectivity index (χ0) is 12.4. The maximum Gasteiger partial charge on any atom is 0.342 e. The number of hydrogen-bond donors (Lipinski definition) is 2. The number of carbonyl (C=O) groups excluding carboxylic acids is 2. The van der Waals surface area contributed by atoms with E-state index in [2.05, 4.69) is 9.84 Å². The van der Waals surface area contributed by atoms with Crippen LogP contribution in [0, 0.1) is 0 Å². The van der Waals surface area contributed by atoms with E-state index >= 15 is 0 Å². The highest BCUT2D eigenvalue weighted by Crippen LogP contribution is 2.16. The summed E-state index contributed by atoms with van der Waals surface area (Å²) in [6, 6.07) is 5.12. The van der Waals surface area contributed by atoms with Crippen molar-refractivity contribution in [2.75, 3.05) is 7.11 Å². The highest BCUT2D eigenvalue weighted by molar-refractivity contribution is 6.08. The van der Waals surface area contributed by atoms with Gasteiger partial charge in [0, 0.05) is 6.20 Å². The second-order valence-corrected chi connectivity index (χ2v) is 3.22. The number of nitrogens with one attached hydrogen (secondary N) is 1. The average molecular weight is 234 g/mol. The third-order valence-corrected chi connectivity index (χ3v) is 2.28. The molecule has 0 saturated carbocycles. The van der Waals surface area contributed by atoms with Crippen molar-refractivity contribution in [2.45, 2.75) is 0 Å². The Bertz CT molecular complexity index is 590. The molecule has 3 N–H and O–H groups in total.